The van der Waals surface area contributed by atoms with Crippen LogP contribution in [-0.2, 0) is 18.3 Å². The van der Waals surface area contributed by atoms with Crippen LogP contribution in [0.15, 0.2) is 36.5 Å². The van der Waals surface area contributed by atoms with E-state index in [1.807, 2.05) is 44.4 Å². The van der Waals surface area contributed by atoms with E-state index >= 15 is 0 Å². The first-order chi connectivity index (χ1) is 12.6. The first-order valence-electron chi connectivity index (χ1n) is 8.84. The van der Waals surface area contributed by atoms with E-state index in [1.165, 1.54) is 0 Å². The maximum Gasteiger partial charge on any atom is 0.224 e. The number of carbonyl (C=O) groups is 1. The fourth-order valence-electron chi connectivity index (χ4n) is 3.42. The van der Waals surface area contributed by atoms with Gasteiger partial charge in [0.05, 0.1) is 23.8 Å². The monoisotopic (exact) mass is 350 g/mol. The van der Waals surface area contributed by atoms with Crippen LogP contribution in [0.25, 0.3) is 11.0 Å². The largest absolute Gasteiger partial charge is 0.368 e. The molecule has 0 aliphatic carbocycles. The van der Waals surface area contributed by atoms with Crippen LogP contribution in [0.1, 0.15) is 17.7 Å². The summed E-state index contributed by atoms with van der Waals surface area (Å²) in [6.45, 7) is 3.73. The van der Waals surface area contributed by atoms with Gasteiger partial charge in [-0.15, -0.1) is 5.10 Å². The summed E-state index contributed by atoms with van der Waals surface area (Å²) in [4.78, 5) is 19.0. The molecule has 7 nitrogen and oxygen atoms in total. The number of anilines is 1. The molecule has 1 unspecified atom stereocenters. The number of amides is 1. The first kappa shape index (κ1) is 16.5. The number of hydrogen-bond acceptors (Lipinski definition) is 5. The molecule has 1 aromatic carbocycles. The fraction of sp³-hybridized carbons (Fsp3) is 0.368. The number of rotatable bonds is 4. The highest BCUT2D eigenvalue weighted by Crippen LogP contribution is 2.20. The average molecular weight is 350 g/mol. The highest BCUT2D eigenvalue weighted by molar-refractivity contribution is 5.81. The van der Waals surface area contributed by atoms with Crippen LogP contribution < -0.4 is 10.2 Å². The van der Waals surface area contributed by atoms with Gasteiger partial charge in [-0.1, -0.05) is 11.3 Å². The molecule has 2 aromatic heterocycles. The molecular weight excluding hydrogens is 328 g/mol. The second kappa shape index (κ2) is 6.74. The lowest BCUT2D eigenvalue weighted by Gasteiger charge is -2.18. The molecule has 1 aliphatic heterocycles. The Morgan fingerprint density at radius 2 is 2.19 bits per heavy atom. The van der Waals surface area contributed by atoms with Crippen molar-refractivity contribution >= 4 is 22.6 Å². The summed E-state index contributed by atoms with van der Waals surface area (Å²) >= 11 is 0. The summed E-state index contributed by atoms with van der Waals surface area (Å²) in [6.07, 6.45) is 3.20. The van der Waals surface area contributed by atoms with Gasteiger partial charge in [0.15, 0.2) is 0 Å². The van der Waals surface area contributed by atoms with Gasteiger partial charge in [-0.3, -0.25) is 9.78 Å². The Balaban J connectivity index is 1.35. The minimum atomic E-state index is 0.0436. The van der Waals surface area contributed by atoms with Crippen molar-refractivity contribution in [3.8, 4) is 0 Å². The summed E-state index contributed by atoms with van der Waals surface area (Å²) in [7, 11) is 1.86. The standard InChI is InChI=1S/C19H22N6O/c1-13-3-5-16(11-20-13)25-8-7-15(12-25)21-19(26)10-14-4-6-18-17(9-14)22-23-24(18)2/h3-6,9,11,15H,7-8,10,12H2,1-2H3,(H,21,26). The minimum absolute atomic E-state index is 0.0436. The second-order valence-corrected chi connectivity index (χ2v) is 6.87. The van der Waals surface area contributed by atoms with Crippen molar-refractivity contribution in [3.63, 3.8) is 0 Å². The van der Waals surface area contributed by atoms with E-state index in [9.17, 15) is 4.79 Å². The number of carbonyl (C=O) groups excluding carboxylic acids is 1. The molecule has 3 heterocycles. The Kier molecular flexibility index (Phi) is 4.28. The quantitative estimate of drug-likeness (QED) is 0.774. The van der Waals surface area contributed by atoms with Gasteiger partial charge >= 0.3 is 0 Å². The number of hydrogen-bond donors (Lipinski definition) is 1. The van der Waals surface area contributed by atoms with Gasteiger partial charge in [0.1, 0.15) is 5.52 Å². The van der Waals surface area contributed by atoms with Crippen LogP contribution >= 0.6 is 0 Å². The summed E-state index contributed by atoms with van der Waals surface area (Å²) in [5.41, 5.74) is 4.86. The molecule has 0 saturated carbocycles. The number of fused-ring (bicyclic) bond motifs is 1. The molecule has 7 heteroatoms. The Bertz CT molecular complexity index is 933. The molecule has 0 radical (unpaired) electrons. The maximum atomic E-state index is 12.4. The number of aryl methyl sites for hydroxylation is 2. The third kappa shape index (κ3) is 3.37. The van der Waals surface area contributed by atoms with E-state index in [1.54, 1.807) is 4.68 Å². The molecule has 3 aromatic rings. The van der Waals surface area contributed by atoms with Crippen LogP contribution in [0, 0.1) is 6.92 Å². The molecule has 1 atom stereocenters. The molecule has 0 spiro atoms. The fourth-order valence-corrected chi connectivity index (χ4v) is 3.42. The van der Waals surface area contributed by atoms with Crippen molar-refractivity contribution in [2.24, 2.45) is 7.05 Å². The lowest BCUT2D eigenvalue weighted by Crippen LogP contribution is -2.38. The van der Waals surface area contributed by atoms with Crippen molar-refractivity contribution in [1.29, 1.82) is 0 Å². The Morgan fingerprint density at radius 3 is 3.00 bits per heavy atom. The molecule has 1 aliphatic rings. The summed E-state index contributed by atoms with van der Waals surface area (Å²) < 4.78 is 1.73. The van der Waals surface area contributed by atoms with Crippen molar-refractivity contribution in [3.05, 3.63) is 47.8 Å². The van der Waals surface area contributed by atoms with Crippen molar-refractivity contribution in [2.45, 2.75) is 25.8 Å². The normalized spacial score (nSPS) is 17.0. The Labute approximate surface area is 152 Å². The van der Waals surface area contributed by atoms with E-state index in [0.717, 1.165) is 47.5 Å². The van der Waals surface area contributed by atoms with Crippen LogP contribution in [0.4, 0.5) is 5.69 Å². The highest BCUT2D eigenvalue weighted by Gasteiger charge is 2.24. The van der Waals surface area contributed by atoms with E-state index < -0.39 is 0 Å². The maximum absolute atomic E-state index is 12.4. The van der Waals surface area contributed by atoms with Gasteiger partial charge < -0.3 is 10.2 Å². The van der Waals surface area contributed by atoms with Crippen LogP contribution in [-0.4, -0.2) is 45.0 Å². The number of pyridine rings is 1. The zero-order valence-electron chi connectivity index (χ0n) is 15.0. The van der Waals surface area contributed by atoms with Gasteiger partial charge in [-0.25, -0.2) is 4.68 Å². The van der Waals surface area contributed by atoms with Gasteiger partial charge in [-0.2, -0.15) is 0 Å². The van der Waals surface area contributed by atoms with E-state index in [2.05, 4.69) is 31.6 Å². The predicted molar refractivity (Wildman–Crippen MR) is 99.9 cm³/mol. The average Bonchev–Trinajstić information content (AvgIpc) is 3.22. The third-order valence-electron chi connectivity index (χ3n) is 4.85. The van der Waals surface area contributed by atoms with Crippen LogP contribution in [0.2, 0.25) is 0 Å². The Hall–Kier alpha value is -2.96. The van der Waals surface area contributed by atoms with E-state index in [0.29, 0.717) is 6.42 Å². The zero-order valence-corrected chi connectivity index (χ0v) is 15.0. The molecule has 1 N–H and O–H groups in total. The number of nitrogens with one attached hydrogen (secondary N) is 1. The first-order valence-corrected chi connectivity index (χ1v) is 8.84. The third-order valence-corrected chi connectivity index (χ3v) is 4.85. The molecule has 26 heavy (non-hydrogen) atoms. The molecule has 134 valence electrons. The predicted octanol–water partition coefficient (Wildman–Crippen LogP) is 1.61. The van der Waals surface area contributed by atoms with Crippen molar-refractivity contribution in [1.82, 2.24) is 25.3 Å². The SMILES string of the molecule is Cc1ccc(N2CCC(NC(=O)Cc3ccc4c(c3)nnn4C)C2)cn1. The molecular formula is C19H22N6O. The van der Waals surface area contributed by atoms with Crippen molar-refractivity contribution < 1.29 is 4.79 Å². The number of nitrogens with zero attached hydrogens (tertiary/aromatic N) is 5. The smallest absolute Gasteiger partial charge is 0.224 e. The minimum Gasteiger partial charge on any atom is -0.368 e. The molecule has 1 fully saturated rings. The van der Waals surface area contributed by atoms with Gasteiger partial charge in [0, 0.05) is 31.9 Å². The second-order valence-electron chi connectivity index (χ2n) is 6.87. The summed E-state index contributed by atoms with van der Waals surface area (Å²) in [5, 5.41) is 11.3. The van der Waals surface area contributed by atoms with E-state index in [4.69, 9.17) is 0 Å². The zero-order chi connectivity index (χ0) is 18.1. The number of benzene rings is 1. The Morgan fingerprint density at radius 1 is 1.31 bits per heavy atom. The lowest BCUT2D eigenvalue weighted by molar-refractivity contribution is -0.121. The molecule has 0 bridgehead atoms. The topological polar surface area (TPSA) is 75.9 Å². The van der Waals surface area contributed by atoms with Gasteiger partial charge in [-0.05, 0) is 43.2 Å². The summed E-state index contributed by atoms with van der Waals surface area (Å²) in [5.74, 6) is 0.0436. The lowest BCUT2D eigenvalue weighted by atomic mass is 10.1. The van der Waals surface area contributed by atoms with Gasteiger partial charge in [0.2, 0.25) is 5.91 Å². The molecule has 4 rings (SSSR count). The van der Waals surface area contributed by atoms with Gasteiger partial charge in [0.25, 0.3) is 0 Å². The van der Waals surface area contributed by atoms with Crippen LogP contribution in [0.3, 0.4) is 0 Å². The highest BCUT2D eigenvalue weighted by atomic mass is 16.1. The summed E-state index contributed by atoms with van der Waals surface area (Å²) in [6, 6.07) is 10.1. The van der Waals surface area contributed by atoms with Crippen molar-refractivity contribution in [2.75, 3.05) is 18.0 Å². The molecule has 1 amide bonds. The van der Waals surface area contributed by atoms with Crippen LogP contribution in [0.5, 0.6) is 0 Å². The molecule has 1 saturated heterocycles. The van der Waals surface area contributed by atoms with E-state index in [-0.39, 0.29) is 11.9 Å². The number of aromatic nitrogens is 4.